The normalized spacial score (nSPS) is 11.0. The molecule has 0 aliphatic rings. The molecule has 1 atom stereocenters. The van der Waals surface area contributed by atoms with E-state index in [4.69, 9.17) is 6.42 Å². The molecule has 0 rings (SSSR count). The maximum atomic E-state index is 10.6. The lowest BCUT2D eigenvalue weighted by molar-refractivity contribution is -0.167. The number of carbonyl (C=O) groups is 2. The van der Waals surface area contributed by atoms with Crippen LogP contribution in [0.25, 0.3) is 0 Å². The smallest absolute Gasteiger partial charge is 0.418 e. The van der Waals surface area contributed by atoms with Gasteiger partial charge in [-0.25, -0.2) is 9.59 Å². The first kappa shape index (κ1) is 9.50. The van der Waals surface area contributed by atoms with Gasteiger partial charge in [0.2, 0.25) is 0 Å². The van der Waals surface area contributed by atoms with Crippen molar-refractivity contribution >= 4 is 11.9 Å². The van der Waals surface area contributed by atoms with Gasteiger partial charge in [-0.2, -0.15) is 0 Å². The average molecular weight is 156 g/mol. The highest BCUT2D eigenvalue weighted by Crippen LogP contribution is 1.90. The number of terminal acetylenes is 1. The summed E-state index contributed by atoms with van der Waals surface area (Å²) >= 11 is 0. The molecule has 0 aromatic heterocycles. The van der Waals surface area contributed by atoms with Crippen molar-refractivity contribution < 1.29 is 19.1 Å². The Hall–Kier alpha value is -1.50. The molecule has 0 bridgehead atoms. The van der Waals surface area contributed by atoms with Gasteiger partial charge >= 0.3 is 11.9 Å². The second kappa shape index (κ2) is 4.34. The van der Waals surface area contributed by atoms with Crippen molar-refractivity contribution in [3.05, 3.63) is 0 Å². The van der Waals surface area contributed by atoms with Crippen LogP contribution >= 0.6 is 0 Å². The van der Waals surface area contributed by atoms with Crippen LogP contribution in [0.15, 0.2) is 0 Å². The maximum absolute atomic E-state index is 10.6. The summed E-state index contributed by atoms with van der Waals surface area (Å²) in [5.74, 6) is 0.00363. The number of hydrogen-bond donors (Lipinski definition) is 0. The van der Waals surface area contributed by atoms with Crippen LogP contribution < -0.4 is 0 Å². The first-order chi connectivity index (χ1) is 5.11. The molecule has 4 nitrogen and oxygen atoms in total. The van der Waals surface area contributed by atoms with E-state index in [1.165, 1.54) is 6.92 Å². The lowest BCUT2D eigenvalue weighted by atomic mass is 10.4. The van der Waals surface area contributed by atoms with Gasteiger partial charge in [-0.3, -0.25) is 0 Å². The van der Waals surface area contributed by atoms with E-state index in [0.29, 0.717) is 0 Å². The van der Waals surface area contributed by atoms with E-state index in [9.17, 15) is 9.59 Å². The number of rotatable bonds is 1. The second-order valence-corrected chi connectivity index (χ2v) is 1.71. The van der Waals surface area contributed by atoms with Crippen LogP contribution in [0.1, 0.15) is 6.92 Å². The zero-order valence-corrected chi connectivity index (χ0v) is 6.29. The van der Waals surface area contributed by atoms with Crippen LogP contribution in [0.4, 0.5) is 0 Å². The zero-order chi connectivity index (χ0) is 8.85. The SMILES string of the molecule is C#CC(C)OC(=O)C(=O)OC. The number of carbonyl (C=O) groups excluding carboxylic acids is 2. The highest BCUT2D eigenvalue weighted by atomic mass is 16.6. The van der Waals surface area contributed by atoms with Crippen molar-refractivity contribution in [1.82, 2.24) is 0 Å². The minimum Gasteiger partial charge on any atom is -0.461 e. The van der Waals surface area contributed by atoms with Gasteiger partial charge in [0, 0.05) is 0 Å². The van der Waals surface area contributed by atoms with E-state index >= 15 is 0 Å². The van der Waals surface area contributed by atoms with E-state index < -0.39 is 18.0 Å². The fraction of sp³-hybridized carbons (Fsp3) is 0.429. The Labute approximate surface area is 64.5 Å². The summed E-state index contributed by atoms with van der Waals surface area (Å²) in [5.41, 5.74) is 0. The number of ether oxygens (including phenoxy) is 2. The summed E-state index contributed by atoms with van der Waals surface area (Å²) in [6.07, 6.45) is 4.18. The average Bonchev–Trinajstić information content (AvgIpc) is 2.02. The van der Waals surface area contributed by atoms with Crippen molar-refractivity contribution in [2.75, 3.05) is 7.11 Å². The van der Waals surface area contributed by atoms with Gasteiger partial charge in [0.05, 0.1) is 7.11 Å². The van der Waals surface area contributed by atoms with E-state index in [1.807, 2.05) is 0 Å². The molecule has 0 saturated carbocycles. The molecule has 0 amide bonds. The van der Waals surface area contributed by atoms with Gasteiger partial charge in [0.25, 0.3) is 0 Å². The molecule has 0 aromatic rings. The molecule has 0 fully saturated rings. The molecule has 4 heteroatoms. The van der Waals surface area contributed by atoms with Crippen LogP contribution in [0, 0.1) is 12.3 Å². The third-order valence-corrected chi connectivity index (χ3v) is 0.871. The Balaban J connectivity index is 3.90. The molecular formula is C7H8O4. The molecule has 0 N–H and O–H groups in total. The monoisotopic (exact) mass is 156 g/mol. The van der Waals surface area contributed by atoms with Gasteiger partial charge in [0.15, 0.2) is 6.10 Å². The lowest BCUT2D eigenvalue weighted by Crippen LogP contribution is -2.22. The fourth-order valence-electron chi connectivity index (χ4n) is 0.326. The third-order valence-electron chi connectivity index (χ3n) is 0.871. The van der Waals surface area contributed by atoms with Gasteiger partial charge in [-0.15, -0.1) is 6.42 Å². The lowest BCUT2D eigenvalue weighted by Gasteiger charge is -2.03. The van der Waals surface area contributed by atoms with Gasteiger partial charge in [0.1, 0.15) is 0 Å². The van der Waals surface area contributed by atoms with E-state index in [1.54, 1.807) is 0 Å². The van der Waals surface area contributed by atoms with E-state index in [2.05, 4.69) is 15.4 Å². The Kier molecular flexibility index (Phi) is 3.75. The minimum atomic E-state index is -1.07. The summed E-state index contributed by atoms with van der Waals surface area (Å²) < 4.78 is 8.48. The predicted octanol–water partition coefficient (Wildman–Crippen LogP) is -0.276. The van der Waals surface area contributed by atoms with E-state index in [0.717, 1.165) is 7.11 Å². The highest BCUT2D eigenvalue weighted by Gasteiger charge is 2.17. The summed E-state index contributed by atoms with van der Waals surface area (Å²) in [6, 6.07) is 0. The Morgan fingerprint density at radius 2 is 2.00 bits per heavy atom. The molecule has 0 spiro atoms. The molecule has 0 heterocycles. The van der Waals surface area contributed by atoms with Gasteiger partial charge in [-0.05, 0) is 6.92 Å². The molecule has 0 aromatic carbocycles. The number of hydrogen-bond acceptors (Lipinski definition) is 4. The second-order valence-electron chi connectivity index (χ2n) is 1.71. The van der Waals surface area contributed by atoms with Gasteiger partial charge in [-0.1, -0.05) is 5.92 Å². The van der Waals surface area contributed by atoms with Crippen molar-refractivity contribution in [2.24, 2.45) is 0 Å². The van der Waals surface area contributed by atoms with Gasteiger partial charge < -0.3 is 9.47 Å². The first-order valence-electron chi connectivity index (χ1n) is 2.87. The molecule has 0 aliphatic heterocycles. The van der Waals surface area contributed by atoms with E-state index in [-0.39, 0.29) is 0 Å². The predicted molar refractivity (Wildman–Crippen MR) is 36.4 cm³/mol. The molecule has 0 saturated heterocycles. The van der Waals surface area contributed by atoms with Crippen LogP contribution in [0.3, 0.4) is 0 Å². The summed E-state index contributed by atoms with van der Waals surface area (Å²) in [4.78, 5) is 20.9. The molecule has 1 unspecified atom stereocenters. The molecule has 11 heavy (non-hydrogen) atoms. The molecular weight excluding hydrogens is 148 g/mol. The van der Waals surface area contributed by atoms with Crippen molar-refractivity contribution in [3.63, 3.8) is 0 Å². The Morgan fingerprint density at radius 3 is 2.36 bits per heavy atom. The van der Waals surface area contributed by atoms with Crippen LogP contribution in [0.2, 0.25) is 0 Å². The maximum Gasteiger partial charge on any atom is 0.418 e. The molecule has 0 radical (unpaired) electrons. The van der Waals surface area contributed by atoms with Crippen LogP contribution in [-0.4, -0.2) is 25.2 Å². The fourth-order valence-corrected chi connectivity index (χ4v) is 0.326. The number of esters is 2. The summed E-state index contributed by atoms with van der Waals surface area (Å²) in [6.45, 7) is 1.47. The largest absolute Gasteiger partial charge is 0.461 e. The summed E-state index contributed by atoms with van der Waals surface area (Å²) in [7, 11) is 1.09. The van der Waals surface area contributed by atoms with Crippen LogP contribution in [-0.2, 0) is 19.1 Å². The number of methoxy groups -OCH3 is 1. The Bertz CT molecular complexity index is 201. The molecule has 0 aliphatic carbocycles. The standard InChI is InChI=1S/C7H8O4/c1-4-5(2)11-7(9)6(8)10-3/h1,5H,2-3H3. The topological polar surface area (TPSA) is 52.6 Å². The molecule has 60 valence electrons. The zero-order valence-electron chi connectivity index (χ0n) is 6.29. The van der Waals surface area contributed by atoms with Crippen molar-refractivity contribution in [3.8, 4) is 12.3 Å². The summed E-state index contributed by atoms with van der Waals surface area (Å²) in [5, 5.41) is 0. The minimum absolute atomic E-state index is 0.707. The highest BCUT2D eigenvalue weighted by molar-refractivity contribution is 6.29. The Morgan fingerprint density at radius 1 is 1.45 bits per heavy atom. The third kappa shape index (κ3) is 3.26. The quantitative estimate of drug-likeness (QED) is 0.298. The first-order valence-corrected chi connectivity index (χ1v) is 2.87. The van der Waals surface area contributed by atoms with Crippen LogP contribution in [0.5, 0.6) is 0 Å². The van der Waals surface area contributed by atoms with Crippen molar-refractivity contribution in [1.29, 1.82) is 0 Å². The van der Waals surface area contributed by atoms with Crippen molar-refractivity contribution in [2.45, 2.75) is 13.0 Å².